The van der Waals surface area contributed by atoms with E-state index in [0.29, 0.717) is 20.9 Å². The zero-order valence-electron chi connectivity index (χ0n) is 13.7. The summed E-state index contributed by atoms with van der Waals surface area (Å²) in [6.45, 7) is 4.45. The van der Waals surface area contributed by atoms with Crippen LogP contribution in [0.3, 0.4) is 0 Å². The average molecular weight is 372 g/mol. The van der Waals surface area contributed by atoms with Gasteiger partial charge in [0.05, 0.1) is 0 Å². The number of hydrogen-bond acceptors (Lipinski definition) is 2. The number of nitrogens with zero attached hydrogens (tertiary/aromatic N) is 1. The fourth-order valence-corrected chi connectivity index (χ4v) is 5.02. The van der Waals surface area contributed by atoms with Crippen LogP contribution in [0.25, 0.3) is 0 Å². The van der Waals surface area contributed by atoms with Gasteiger partial charge in [0.25, 0.3) is 0 Å². The van der Waals surface area contributed by atoms with Crippen molar-refractivity contribution >= 4 is 19.8 Å². The summed E-state index contributed by atoms with van der Waals surface area (Å²) in [5, 5.41) is 1.18. The number of rotatable bonds is 6. The van der Waals surface area contributed by atoms with Crippen LogP contribution in [0.1, 0.15) is 43.4 Å². The molecule has 1 unspecified atom stereocenters. The molecule has 0 saturated carbocycles. The van der Waals surface area contributed by atoms with Gasteiger partial charge >= 0.3 is 145 Å². The monoisotopic (exact) mass is 373 g/mol. The van der Waals surface area contributed by atoms with Crippen LogP contribution >= 0.6 is 0 Å². The molecule has 3 heteroatoms. The molecule has 2 aromatic rings. The third kappa shape index (κ3) is 4.25. The van der Waals surface area contributed by atoms with E-state index in [1.54, 1.807) is 0 Å². The molecule has 1 aliphatic heterocycles. The molecule has 3 atom stereocenters. The van der Waals surface area contributed by atoms with Gasteiger partial charge in [-0.2, -0.15) is 0 Å². The molecular weight excluding hydrogens is 349 g/mol. The van der Waals surface area contributed by atoms with Crippen LogP contribution < -0.4 is 0 Å². The quantitative estimate of drug-likeness (QED) is 0.667. The first-order valence-electron chi connectivity index (χ1n) is 8.21. The van der Waals surface area contributed by atoms with E-state index in [9.17, 15) is 0 Å². The standard InChI is InChI=1S/C20H23NOSe/c1-15(17-9-5-3-6-10-17)13-14-23-20-21-16(2)19(22-20)18-11-7-4-8-12-18/h3-12,15-16,19H,13-14H2,1-2H3/t15?,16-,19-/m0/s1. The zero-order chi connectivity index (χ0) is 16.1. The molecule has 1 heterocycles. The summed E-state index contributed by atoms with van der Waals surface area (Å²) in [6, 6.07) is 21.4. The van der Waals surface area contributed by atoms with E-state index in [0.717, 1.165) is 4.80 Å². The van der Waals surface area contributed by atoms with Crippen molar-refractivity contribution in [2.45, 2.75) is 43.7 Å². The van der Waals surface area contributed by atoms with Gasteiger partial charge in [-0.3, -0.25) is 0 Å². The average Bonchev–Trinajstić information content (AvgIpc) is 2.97. The van der Waals surface area contributed by atoms with E-state index in [-0.39, 0.29) is 12.1 Å². The molecule has 0 aromatic heterocycles. The van der Waals surface area contributed by atoms with Gasteiger partial charge in [-0.1, -0.05) is 0 Å². The van der Waals surface area contributed by atoms with E-state index in [1.165, 1.54) is 22.9 Å². The van der Waals surface area contributed by atoms with Crippen LogP contribution in [0, 0.1) is 0 Å². The Morgan fingerprint density at radius 1 is 1.04 bits per heavy atom. The Morgan fingerprint density at radius 2 is 1.70 bits per heavy atom. The van der Waals surface area contributed by atoms with Gasteiger partial charge in [-0.05, 0) is 0 Å². The maximum absolute atomic E-state index is 6.13. The van der Waals surface area contributed by atoms with Crippen LogP contribution in [0.2, 0.25) is 5.32 Å². The fraction of sp³-hybridized carbons (Fsp3) is 0.350. The number of hydrogen-bond donors (Lipinski definition) is 0. The van der Waals surface area contributed by atoms with Gasteiger partial charge < -0.3 is 0 Å². The first-order chi connectivity index (χ1) is 11.2. The maximum atomic E-state index is 6.13. The molecule has 1 aliphatic rings. The summed E-state index contributed by atoms with van der Waals surface area (Å²) in [7, 11) is 0. The number of benzene rings is 2. The van der Waals surface area contributed by atoms with Crippen molar-refractivity contribution in [2.75, 3.05) is 0 Å². The van der Waals surface area contributed by atoms with Gasteiger partial charge in [0.15, 0.2) is 0 Å². The Hall–Kier alpha value is -1.57. The van der Waals surface area contributed by atoms with Crippen molar-refractivity contribution in [3.63, 3.8) is 0 Å². The molecule has 0 saturated heterocycles. The summed E-state index contributed by atoms with van der Waals surface area (Å²) in [4.78, 5) is 5.72. The second-order valence-electron chi connectivity index (χ2n) is 6.03. The molecule has 0 radical (unpaired) electrons. The van der Waals surface area contributed by atoms with Gasteiger partial charge in [0.2, 0.25) is 0 Å². The molecule has 0 fully saturated rings. The number of aliphatic imine (C=N–C) groups is 1. The summed E-state index contributed by atoms with van der Waals surface area (Å²) < 4.78 is 6.13. The fourth-order valence-electron chi connectivity index (χ4n) is 2.80. The molecule has 0 aliphatic carbocycles. The van der Waals surface area contributed by atoms with Crippen molar-refractivity contribution in [3.8, 4) is 0 Å². The van der Waals surface area contributed by atoms with Crippen molar-refractivity contribution in [1.29, 1.82) is 0 Å². The molecule has 0 spiro atoms. The minimum atomic E-state index is 0.0969. The van der Waals surface area contributed by atoms with Crippen LogP contribution in [0.4, 0.5) is 0 Å². The van der Waals surface area contributed by atoms with Gasteiger partial charge in [0, 0.05) is 0 Å². The summed E-state index contributed by atoms with van der Waals surface area (Å²) in [5.41, 5.74) is 2.65. The van der Waals surface area contributed by atoms with Gasteiger partial charge in [0.1, 0.15) is 0 Å². The summed E-state index contributed by atoms with van der Waals surface area (Å²) in [6.07, 6.45) is 1.29. The molecule has 0 amide bonds. The molecule has 0 N–H and O–H groups in total. The second-order valence-corrected chi connectivity index (χ2v) is 8.23. The topological polar surface area (TPSA) is 21.6 Å². The van der Waals surface area contributed by atoms with E-state index in [4.69, 9.17) is 9.73 Å². The van der Waals surface area contributed by atoms with Crippen molar-refractivity contribution in [2.24, 2.45) is 4.99 Å². The minimum absolute atomic E-state index is 0.0969. The Balaban J connectivity index is 1.49. The van der Waals surface area contributed by atoms with Gasteiger partial charge in [-0.15, -0.1) is 0 Å². The van der Waals surface area contributed by atoms with Crippen molar-refractivity contribution in [1.82, 2.24) is 0 Å². The Bertz CT molecular complexity index is 641. The van der Waals surface area contributed by atoms with E-state index in [1.807, 2.05) is 6.07 Å². The van der Waals surface area contributed by atoms with Crippen molar-refractivity contribution < 1.29 is 4.74 Å². The van der Waals surface area contributed by atoms with Gasteiger partial charge in [-0.25, -0.2) is 0 Å². The summed E-state index contributed by atoms with van der Waals surface area (Å²) >= 11 is 0.334. The summed E-state index contributed by atoms with van der Waals surface area (Å²) in [5.74, 6) is 0.599. The molecule has 3 rings (SSSR count). The third-order valence-electron chi connectivity index (χ3n) is 4.25. The molecule has 23 heavy (non-hydrogen) atoms. The first-order valence-corrected chi connectivity index (χ1v) is 10.3. The molecule has 120 valence electrons. The normalized spacial score (nSPS) is 21.6. The van der Waals surface area contributed by atoms with Crippen molar-refractivity contribution in [3.05, 3.63) is 71.8 Å². The van der Waals surface area contributed by atoms with Crippen LogP contribution in [0.15, 0.2) is 65.7 Å². The van der Waals surface area contributed by atoms with E-state index < -0.39 is 0 Å². The molecule has 2 nitrogen and oxygen atoms in total. The molecular formula is C20H23NOSe. The van der Waals surface area contributed by atoms with E-state index in [2.05, 4.69) is 68.4 Å². The Kier molecular flexibility index (Phi) is 5.53. The Labute approximate surface area is 145 Å². The third-order valence-corrected chi connectivity index (χ3v) is 6.11. The Morgan fingerprint density at radius 3 is 2.39 bits per heavy atom. The molecule has 0 bridgehead atoms. The first kappa shape index (κ1) is 16.3. The van der Waals surface area contributed by atoms with Crippen LogP contribution in [-0.2, 0) is 4.74 Å². The zero-order valence-corrected chi connectivity index (χ0v) is 15.4. The SMILES string of the molecule is CC(CC[Se]C1=N[C@@H](C)[C@@H](c2ccccc2)O1)c1ccccc1. The number of ether oxygens (including phenoxy) is 1. The molecule has 2 aromatic carbocycles. The predicted molar refractivity (Wildman–Crippen MR) is 97.2 cm³/mol. The van der Waals surface area contributed by atoms with Crippen LogP contribution in [-0.4, -0.2) is 25.8 Å². The predicted octanol–water partition coefficient (Wildman–Crippen LogP) is 4.82. The van der Waals surface area contributed by atoms with E-state index >= 15 is 0 Å². The van der Waals surface area contributed by atoms with Crippen LogP contribution in [0.5, 0.6) is 0 Å². The second kappa shape index (κ2) is 7.81.